The molecule has 2 heterocycles. The standard InChI is InChI=1S/C32H36BrF2N3O4S.C2HF3O2/c33-23-10-8-22(9-11-23)32(34,35)30(31(39)38-25-12-13-26(38)19-24(36)18-25)37-43(40,41)29-15-7-20-16-28(14-6-21(20)17-29)42-27-4-2-1-3-5-27;3-2(4,5)1(6)7/h6-11,14-17,24-27,30,37H,1-5,12-13,18-19,36H2;(H,6,7)/t24?,25?,26?,30-;/m0./s1. The van der Waals surface area contributed by atoms with Crippen LogP contribution in [0.15, 0.2) is 70.0 Å². The average molecular weight is 791 g/mol. The van der Waals surface area contributed by atoms with Crippen molar-refractivity contribution in [2.24, 2.45) is 5.73 Å². The molecule has 3 fully saturated rings. The Hall–Kier alpha value is -3.34. The van der Waals surface area contributed by atoms with E-state index in [4.69, 9.17) is 20.4 Å². The summed E-state index contributed by atoms with van der Waals surface area (Å²) in [5, 5.41) is 8.51. The summed E-state index contributed by atoms with van der Waals surface area (Å²) in [5.41, 5.74) is 5.70. The van der Waals surface area contributed by atoms with Gasteiger partial charge in [0.15, 0.2) is 6.04 Å². The van der Waals surface area contributed by atoms with Crippen LogP contribution in [-0.4, -0.2) is 66.7 Å². The number of aliphatic carboxylic acids is 1. The Labute approximate surface area is 294 Å². The first-order chi connectivity index (χ1) is 23.5. The Morgan fingerprint density at radius 2 is 1.44 bits per heavy atom. The predicted octanol–water partition coefficient (Wildman–Crippen LogP) is 6.87. The molecule has 50 heavy (non-hydrogen) atoms. The van der Waals surface area contributed by atoms with Crippen LogP contribution in [0.3, 0.4) is 0 Å². The van der Waals surface area contributed by atoms with E-state index in [0.717, 1.165) is 31.1 Å². The number of rotatable bonds is 8. The van der Waals surface area contributed by atoms with Crippen molar-refractivity contribution in [2.45, 2.75) is 105 Å². The van der Waals surface area contributed by atoms with E-state index >= 15 is 8.78 Å². The topological polar surface area (TPSA) is 139 Å². The van der Waals surface area contributed by atoms with E-state index in [2.05, 4.69) is 20.7 Å². The summed E-state index contributed by atoms with van der Waals surface area (Å²) < 4.78 is 100. The van der Waals surface area contributed by atoms with E-state index in [1.165, 1.54) is 47.7 Å². The summed E-state index contributed by atoms with van der Waals surface area (Å²) in [7, 11) is -4.53. The van der Waals surface area contributed by atoms with E-state index in [1.54, 1.807) is 18.2 Å². The highest BCUT2D eigenvalue weighted by Gasteiger charge is 2.53. The number of nitrogens with two attached hydrogens (primary N) is 1. The van der Waals surface area contributed by atoms with Gasteiger partial charge in [-0.3, -0.25) is 4.79 Å². The van der Waals surface area contributed by atoms with Crippen molar-refractivity contribution in [3.05, 3.63) is 70.7 Å². The molecule has 1 amide bonds. The summed E-state index contributed by atoms with van der Waals surface area (Å²) in [5.74, 6) is -6.80. The highest BCUT2D eigenvalue weighted by atomic mass is 79.9. The smallest absolute Gasteiger partial charge is 0.490 e. The molecule has 0 spiro atoms. The largest absolute Gasteiger partial charge is 0.490 e. The molecule has 3 aromatic carbocycles. The molecule has 1 aliphatic carbocycles. The number of hydrogen-bond donors (Lipinski definition) is 3. The van der Waals surface area contributed by atoms with E-state index in [1.807, 2.05) is 6.07 Å². The number of carbonyl (C=O) groups excluding carboxylic acids is 1. The lowest BCUT2D eigenvalue weighted by molar-refractivity contribution is -0.192. The number of ether oxygens (including phenoxy) is 1. The number of hydrogen-bond acceptors (Lipinski definition) is 6. The molecule has 3 aliphatic rings. The molecule has 9 nitrogen and oxygen atoms in total. The van der Waals surface area contributed by atoms with Crippen LogP contribution in [0, 0.1) is 0 Å². The fraction of sp³-hybridized carbons (Fsp3) is 0.471. The third kappa shape index (κ3) is 8.75. The molecule has 2 aliphatic heterocycles. The first kappa shape index (κ1) is 37.9. The molecule has 2 unspecified atom stereocenters. The minimum absolute atomic E-state index is 0.116. The van der Waals surface area contributed by atoms with E-state index in [9.17, 15) is 26.4 Å². The molecule has 0 aromatic heterocycles. The van der Waals surface area contributed by atoms with Crippen LogP contribution in [0.5, 0.6) is 5.75 Å². The molecule has 2 bridgehead atoms. The molecule has 16 heteroatoms. The molecule has 4 N–H and O–H groups in total. The number of halogens is 6. The van der Waals surface area contributed by atoms with Crippen molar-refractivity contribution in [3.63, 3.8) is 0 Å². The molecule has 6 rings (SSSR count). The zero-order valence-corrected chi connectivity index (χ0v) is 29.1. The molecular formula is C34H37BrF5N3O6S. The lowest BCUT2D eigenvalue weighted by Gasteiger charge is -2.41. The number of sulfonamides is 1. The summed E-state index contributed by atoms with van der Waals surface area (Å²) in [6.45, 7) is 0. The van der Waals surface area contributed by atoms with Gasteiger partial charge in [-0.25, -0.2) is 13.2 Å². The number of carboxylic acid groups (broad SMARTS) is 1. The van der Waals surface area contributed by atoms with Gasteiger partial charge in [-0.1, -0.05) is 46.6 Å². The average Bonchev–Trinajstić information content (AvgIpc) is 3.33. The maximum atomic E-state index is 16.2. The molecule has 3 atom stereocenters. The lowest BCUT2D eigenvalue weighted by atomic mass is 9.95. The van der Waals surface area contributed by atoms with Gasteiger partial charge in [-0.05, 0) is 98.5 Å². The van der Waals surface area contributed by atoms with Crippen LogP contribution >= 0.6 is 15.9 Å². The Balaban J connectivity index is 0.000000630. The molecule has 272 valence electrons. The maximum absolute atomic E-state index is 16.2. The maximum Gasteiger partial charge on any atom is 0.490 e. The minimum atomic E-state index is -5.08. The number of nitrogens with zero attached hydrogens (tertiary/aromatic N) is 1. The second kappa shape index (κ2) is 15.1. The van der Waals surface area contributed by atoms with Gasteiger partial charge < -0.3 is 20.5 Å². The zero-order valence-electron chi connectivity index (χ0n) is 26.7. The van der Waals surface area contributed by atoms with Crippen molar-refractivity contribution < 1.29 is 49.8 Å². The van der Waals surface area contributed by atoms with Gasteiger partial charge in [0.2, 0.25) is 15.9 Å². The van der Waals surface area contributed by atoms with E-state index < -0.39 is 45.6 Å². The second-order valence-electron chi connectivity index (χ2n) is 12.9. The number of fused-ring (bicyclic) bond motifs is 3. The van der Waals surface area contributed by atoms with Gasteiger partial charge >= 0.3 is 12.1 Å². The summed E-state index contributed by atoms with van der Waals surface area (Å²) in [6.07, 6.45) is 2.93. The predicted molar refractivity (Wildman–Crippen MR) is 178 cm³/mol. The second-order valence-corrected chi connectivity index (χ2v) is 15.5. The Kier molecular flexibility index (Phi) is 11.4. The number of amides is 1. The summed E-state index contributed by atoms with van der Waals surface area (Å²) in [4.78, 5) is 24.1. The van der Waals surface area contributed by atoms with Crippen molar-refractivity contribution in [3.8, 4) is 5.75 Å². The van der Waals surface area contributed by atoms with E-state index in [-0.39, 0.29) is 29.1 Å². The summed E-state index contributed by atoms with van der Waals surface area (Å²) in [6, 6.07) is 12.1. The van der Waals surface area contributed by atoms with Crippen LogP contribution in [0.25, 0.3) is 10.8 Å². The number of piperidine rings is 1. The highest BCUT2D eigenvalue weighted by Crippen LogP contribution is 2.40. The number of carboxylic acids is 1. The molecular weight excluding hydrogens is 753 g/mol. The molecule has 3 aromatic rings. The fourth-order valence-corrected chi connectivity index (χ4v) is 8.38. The quantitative estimate of drug-likeness (QED) is 0.212. The number of carbonyl (C=O) groups is 2. The monoisotopic (exact) mass is 789 g/mol. The van der Waals surface area contributed by atoms with Crippen molar-refractivity contribution in [1.82, 2.24) is 9.62 Å². The Morgan fingerprint density at radius 3 is 2.02 bits per heavy atom. The normalized spacial score (nSPS) is 22.1. The number of nitrogens with one attached hydrogen (secondary N) is 1. The van der Waals surface area contributed by atoms with Crippen molar-refractivity contribution in [2.75, 3.05) is 0 Å². The number of benzene rings is 3. The Morgan fingerprint density at radius 1 is 0.880 bits per heavy atom. The van der Waals surface area contributed by atoms with Gasteiger partial charge in [0.25, 0.3) is 5.92 Å². The zero-order chi connectivity index (χ0) is 36.4. The summed E-state index contributed by atoms with van der Waals surface area (Å²) >= 11 is 3.25. The molecule has 1 saturated carbocycles. The van der Waals surface area contributed by atoms with Crippen LogP contribution in [0.2, 0.25) is 0 Å². The van der Waals surface area contributed by atoms with Gasteiger partial charge in [-0.15, -0.1) is 0 Å². The number of alkyl halides is 5. The van der Waals surface area contributed by atoms with Crippen molar-refractivity contribution in [1.29, 1.82) is 0 Å². The third-order valence-corrected chi connectivity index (χ3v) is 11.3. The SMILES string of the molecule is NC1CC2CCC(C1)N2C(=O)[C@H](NS(=O)(=O)c1ccc2cc(OC3CCCCC3)ccc2c1)C(F)(F)c1ccc(Br)cc1.O=C(O)C(F)(F)F. The van der Waals surface area contributed by atoms with Crippen LogP contribution in [0.4, 0.5) is 22.0 Å². The first-order valence-corrected chi connectivity index (χ1v) is 18.5. The minimum Gasteiger partial charge on any atom is -0.490 e. The third-order valence-electron chi connectivity index (χ3n) is 9.33. The van der Waals surface area contributed by atoms with Gasteiger partial charge in [0.05, 0.1) is 11.0 Å². The van der Waals surface area contributed by atoms with Crippen LogP contribution < -0.4 is 15.2 Å². The van der Waals surface area contributed by atoms with Crippen LogP contribution in [0.1, 0.15) is 63.4 Å². The van der Waals surface area contributed by atoms with Crippen molar-refractivity contribution >= 4 is 48.6 Å². The first-order valence-electron chi connectivity index (χ1n) is 16.2. The van der Waals surface area contributed by atoms with Gasteiger partial charge in [0.1, 0.15) is 5.75 Å². The van der Waals surface area contributed by atoms with E-state index in [0.29, 0.717) is 41.3 Å². The molecule has 2 saturated heterocycles. The highest BCUT2D eigenvalue weighted by molar-refractivity contribution is 9.10. The molecule has 0 radical (unpaired) electrons. The van der Waals surface area contributed by atoms with Crippen LogP contribution in [-0.2, 0) is 25.5 Å². The van der Waals surface area contributed by atoms with Gasteiger partial charge in [-0.2, -0.15) is 26.7 Å². The Bertz CT molecular complexity index is 1790. The fourth-order valence-electron chi connectivity index (χ4n) is 6.89. The van der Waals surface area contributed by atoms with Gasteiger partial charge in [0, 0.05) is 28.2 Å². The lowest BCUT2D eigenvalue weighted by Crippen LogP contribution is -2.60.